The molecule has 1 fully saturated rings. The van der Waals surface area contributed by atoms with Crippen LogP contribution in [0.1, 0.15) is 43.1 Å². The topological polar surface area (TPSA) is 87.9 Å². The maximum absolute atomic E-state index is 5.09. The number of tetrazole rings is 1. The highest BCUT2D eigenvalue weighted by atomic mass is 15.5. The van der Waals surface area contributed by atoms with Gasteiger partial charge < -0.3 is 4.90 Å². The summed E-state index contributed by atoms with van der Waals surface area (Å²) in [4.78, 5) is 12.5. The molecule has 190 valence electrons. The van der Waals surface area contributed by atoms with E-state index in [1.54, 1.807) is 0 Å². The van der Waals surface area contributed by atoms with Gasteiger partial charge in [0.15, 0.2) is 5.82 Å². The minimum absolute atomic E-state index is 0.651. The van der Waals surface area contributed by atoms with E-state index in [1.807, 2.05) is 6.07 Å². The number of amidine groups is 1. The molecular weight excluding hydrogens is 472 g/mol. The number of aromatic nitrogens is 6. The first kappa shape index (κ1) is 22.8. The van der Waals surface area contributed by atoms with Crippen LogP contribution in [-0.4, -0.2) is 60.0 Å². The van der Waals surface area contributed by atoms with E-state index in [0.717, 1.165) is 76.6 Å². The molecule has 5 aromatic rings. The lowest BCUT2D eigenvalue weighted by molar-refractivity contribution is 0.449. The second-order valence-corrected chi connectivity index (χ2v) is 10.2. The first-order valence-corrected chi connectivity index (χ1v) is 13.5. The van der Waals surface area contributed by atoms with Gasteiger partial charge in [0.2, 0.25) is 0 Å². The van der Waals surface area contributed by atoms with Crippen LogP contribution < -0.4 is 0 Å². The van der Waals surface area contributed by atoms with E-state index in [1.165, 1.54) is 18.4 Å². The number of imidazole rings is 1. The van der Waals surface area contributed by atoms with Crippen LogP contribution in [0.5, 0.6) is 0 Å². The van der Waals surface area contributed by atoms with Crippen molar-refractivity contribution in [3.63, 3.8) is 0 Å². The summed E-state index contributed by atoms with van der Waals surface area (Å²) < 4.78 is 2.33. The third-order valence-electron chi connectivity index (χ3n) is 7.66. The first-order chi connectivity index (χ1) is 18.7. The number of fused-ring (bicyclic) bond motifs is 1. The molecule has 8 heteroatoms. The number of nitrogens with zero attached hydrogens (tertiary/aromatic N) is 7. The van der Waals surface area contributed by atoms with E-state index >= 15 is 0 Å². The number of hydrogen-bond donors (Lipinski definition) is 1. The van der Waals surface area contributed by atoms with Gasteiger partial charge in [-0.2, -0.15) is 0 Å². The Kier molecular flexibility index (Phi) is 5.53. The zero-order valence-electron chi connectivity index (χ0n) is 21.7. The van der Waals surface area contributed by atoms with Crippen molar-refractivity contribution >= 4 is 16.9 Å². The minimum Gasteiger partial charge on any atom is -0.352 e. The van der Waals surface area contributed by atoms with Gasteiger partial charge in [-0.25, -0.2) is 10.1 Å². The van der Waals surface area contributed by atoms with E-state index in [9.17, 15) is 0 Å². The molecule has 0 atom stereocenters. The quantitative estimate of drug-likeness (QED) is 0.324. The number of aryl methyl sites for hydroxylation is 1. The third-order valence-corrected chi connectivity index (χ3v) is 7.66. The molecule has 0 saturated heterocycles. The predicted octanol–water partition coefficient (Wildman–Crippen LogP) is 5.36. The average molecular weight is 503 g/mol. The van der Waals surface area contributed by atoms with Crippen LogP contribution in [0.4, 0.5) is 0 Å². The Labute approximate surface area is 221 Å². The van der Waals surface area contributed by atoms with Crippen molar-refractivity contribution in [2.45, 2.75) is 45.6 Å². The molecule has 1 N–H and O–H groups in total. The summed E-state index contributed by atoms with van der Waals surface area (Å²) in [7, 11) is 0. The Morgan fingerprint density at radius 1 is 1.00 bits per heavy atom. The summed E-state index contributed by atoms with van der Waals surface area (Å²) in [6.07, 6.45) is 4.44. The smallest absolute Gasteiger partial charge is 0.180 e. The summed E-state index contributed by atoms with van der Waals surface area (Å²) >= 11 is 0. The molecule has 0 radical (unpaired) electrons. The molecule has 8 nitrogen and oxygen atoms in total. The highest BCUT2D eigenvalue weighted by Gasteiger charge is 2.34. The van der Waals surface area contributed by atoms with Crippen molar-refractivity contribution < 1.29 is 0 Å². The Hall–Kier alpha value is -4.33. The van der Waals surface area contributed by atoms with Gasteiger partial charge in [0, 0.05) is 30.1 Å². The molecular formula is C30H30N8. The third kappa shape index (κ3) is 3.79. The molecule has 1 aliphatic heterocycles. The van der Waals surface area contributed by atoms with Gasteiger partial charge in [-0.1, -0.05) is 43.3 Å². The minimum atomic E-state index is 0.651. The van der Waals surface area contributed by atoms with Gasteiger partial charge in [0.25, 0.3) is 0 Å². The van der Waals surface area contributed by atoms with Crippen LogP contribution >= 0.6 is 0 Å². The molecule has 1 saturated carbocycles. The van der Waals surface area contributed by atoms with Gasteiger partial charge in [0.05, 0.1) is 23.3 Å². The van der Waals surface area contributed by atoms with Crippen LogP contribution in [0, 0.1) is 6.92 Å². The molecule has 0 unspecified atom stereocenters. The lowest BCUT2D eigenvalue weighted by Crippen LogP contribution is -2.30. The molecule has 1 aliphatic carbocycles. The Morgan fingerprint density at radius 3 is 2.63 bits per heavy atom. The van der Waals surface area contributed by atoms with E-state index in [4.69, 9.17) is 9.98 Å². The molecule has 2 aliphatic rings. The van der Waals surface area contributed by atoms with E-state index < -0.39 is 0 Å². The average Bonchev–Trinajstić information content (AvgIpc) is 3.30. The highest BCUT2D eigenvalue weighted by molar-refractivity contribution is 6.02. The van der Waals surface area contributed by atoms with Gasteiger partial charge >= 0.3 is 0 Å². The van der Waals surface area contributed by atoms with Gasteiger partial charge in [0.1, 0.15) is 11.7 Å². The zero-order chi connectivity index (χ0) is 25.6. The van der Waals surface area contributed by atoms with Gasteiger partial charge in [-0.15, -0.1) is 5.10 Å². The van der Waals surface area contributed by atoms with Crippen LogP contribution in [0.15, 0.2) is 65.7 Å². The summed E-state index contributed by atoms with van der Waals surface area (Å²) in [5.74, 6) is 2.85. The summed E-state index contributed by atoms with van der Waals surface area (Å²) in [6, 6.07) is 22.1. The van der Waals surface area contributed by atoms with E-state index in [2.05, 4.69) is 98.5 Å². The largest absolute Gasteiger partial charge is 0.352 e. The maximum Gasteiger partial charge on any atom is 0.180 e. The summed E-state index contributed by atoms with van der Waals surface area (Å²) in [6.45, 7) is 6.25. The van der Waals surface area contributed by atoms with Crippen molar-refractivity contribution in [3.05, 3.63) is 77.6 Å². The number of hydrogen-bond acceptors (Lipinski definition) is 6. The molecule has 0 spiro atoms. The zero-order valence-corrected chi connectivity index (χ0v) is 21.7. The predicted molar refractivity (Wildman–Crippen MR) is 150 cm³/mol. The monoisotopic (exact) mass is 502 g/mol. The fraction of sp³-hybridized carbons (Fsp3) is 0.300. The highest BCUT2D eigenvalue weighted by Crippen LogP contribution is 2.38. The normalized spacial score (nSPS) is 15.4. The number of aliphatic imine (C=N–C) groups is 1. The van der Waals surface area contributed by atoms with Crippen LogP contribution in [0.2, 0.25) is 0 Å². The maximum atomic E-state index is 5.09. The summed E-state index contributed by atoms with van der Waals surface area (Å²) in [5, 5.41) is 15.1. The van der Waals surface area contributed by atoms with Crippen molar-refractivity contribution in [1.29, 1.82) is 0 Å². The fourth-order valence-electron chi connectivity index (χ4n) is 5.75. The van der Waals surface area contributed by atoms with Crippen LogP contribution in [0.3, 0.4) is 0 Å². The second-order valence-electron chi connectivity index (χ2n) is 10.2. The number of benzene rings is 3. The Morgan fingerprint density at radius 2 is 1.87 bits per heavy atom. The van der Waals surface area contributed by atoms with Crippen molar-refractivity contribution in [2.24, 2.45) is 4.99 Å². The number of nitrogens with one attached hydrogen (secondary N) is 1. The van der Waals surface area contributed by atoms with Crippen molar-refractivity contribution in [3.8, 4) is 28.2 Å². The number of aromatic amines is 1. The molecule has 0 bridgehead atoms. The fourth-order valence-corrected chi connectivity index (χ4v) is 5.75. The second kappa shape index (κ2) is 9.20. The SMILES string of the molecule is CCCc1nc2ccc(C3=NCCN3C3CC3)cc2n1-c1ccc(-c2ccccc2)c(-c2nnn[nH]2)c1C. The molecule has 7 rings (SSSR count). The Bertz CT molecular complexity index is 1650. The van der Waals surface area contributed by atoms with Gasteiger partial charge in [-0.3, -0.25) is 9.56 Å². The summed E-state index contributed by atoms with van der Waals surface area (Å²) in [5.41, 5.74) is 8.68. The molecule has 2 aromatic heterocycles. The first-order valence-electron chi connectivity index (χ1n) is 13.5. The molecule has 38 heavy (non-hydrogen) atoms. The molecule has 3 heterocycles. The van der Waals surface area contributed by atoms with Crippen molar-refractivity contribution in [1.82, 2.24) is 35.1 Å². The van der Waals surface area contributed by atoms with Crippen LogP contribution in [0.25, 0.3) is 39.2 Å². The lowest BCUT2D eigenvalue weighted by atomic mass is 9.94. The van der Waals surface area contributed by atoms with E-state index in [0.29, 0.717) is 11.9 Å². The Balaban J connectivity index is 1.44. The van der Waals surface area contributed by atoms with E-state index in [-0.39, 0.29) is 0 Å². The standard InChI is InChI=1S/C30H30N8/c1-3-7-27-32-24-14-10-21(30-31-16-17-37(30)22-11-12-22)18-26(24)38(27)25-15-13-23(20-8-5-4-6-9-20)28(19(25)2)29-33-35-36-34-29/h4-6,8-10,13-15,18,22H,3,7,11-12,16-17H2,1-2H3,(H,33,34,35,36). The number of H-pyrrole nitrogens is 1. The van der Waals surface area contributed by atoms with Gasteiger partial charge in [-0.05, 0) is 77.6 Å². The van der Waals surface area contributed by atoms with Crippen LogP contribution in [-0.2, 0) is 6.42 Å². The number of rotatable bonds is 7. The van der Waals surface area contributed by atoms with Crippen molar-refractivity contribution in [2.75, 3.05) is 13.1 Å². The molecule has 3 aromatic carbocycles. The molecule has 0 amide bonds. The lowest BCUT2D eigenvalue weighted by Gasteiger charge is -2.20.